The average Bonchev–Trinajstić information content (AvgIpc) is 2.81. The first-order valence-electron chi connectivity index (χ1n) is 6.04. The molecule has 2 heterocycles. The summed E-state index contributed by atoms with van der Waals surface area (Å²) in [5.41, 5.74) is -1.17. The van der Waals surface area contributed by atoms with Gasteiger partial charge in [0.1, 0.15) is 12.1 Å². The van der Waals surface area contributed by atoms with Crippen LogP contribution in [0, 0.1) is 0 Å². The predicted octanol–water partition coefficient (Wildman–Crippen LogP) is -1.29. The van der Waals surface area contributed by atoms with Gasteiger partial charge in [-0.05, 0) is 13.8 Å². The van der Waals surface area contributed by atoms with Crippen molar-refractivity contribution in [2.75, 3.05) is 13.1 Å². The highest BCUT2D eigenvalue weighted by Crippen LogP contribution is 2.18. The van der Waals surface area contributed by atoms with Crippen molar-refractivity contribution in [1.29, 1.82) is 0 Å². The molecule has 0 aromatic carbocycles. The zero-order valence-corrected chi connectivity index (χ0v) is 11.2. The summed E-state index contributed by atoms with van der Waals surface area (Å²) in [6.45, 7) is 3.95. The van der Waals surface area contributed by atoms with Gasteiger partial charge < -0.3 is 15.3 Å². The molecule has 9 nitrogen and oxygen atoms in total. The van der Waals surface area contributed by atoms with E-state index in [4.69, 9.17) is 5.11 Å². The molecule has 0 saturated carbocycles. The van der Waals surface area contributed by atoms with Crippen molar-refractivity contribution in [3.63, 3.8) is 0 Å². The molecule has 0 radical (unpaired) electrons. The molecule has 1 aliphatic heterocycles. The normalized spacial score (nSPS) is 17.7. The molecule has 108 valence electrons. The first-order chi connectivity index (χ1) is 9.32. The van der Waals surface area contributed by atoms with Crippen LogP contribution < -0.4 is 5.32 Å². The van der Waals surface area contributed by atoms with E-state index in [2.05, 4.69) is 15.6 Å². The van der Waals surface area contributed by atoms with Crippen LogP contribution in [-0.2, 0) is 16.1 Å². The van der Waals surface area contributed by atoms with Crippen molar-refractivity contribution in [2.24, 2.45) is 0 Å². The lowest BCUT2D eigenvalue weighted by atomic mass is 9.99. The number of aromatic nitrogens is 3. The quantitative estimate of drug-likeness (QED) is 0.712. The Morgan fingerprint density at radius 3 is 2.80 bits per heavy atom. The summed E-state index contributed by atoms with van der Waals surface area (Å²) in [6.07, 6.45) is 1.18. The van der Waals surface area contributed by atoms with E-state index in [1.807, 2.05) is 0 Å². The maximum absolute atomic E-state index is 12.2. The Morgan fingerprint density at radius 2 is 2.20 bits per heavy atom. The lowest BCUT2D eigenvalue weighted by Crippen LogP contribution is -2.63. The van der Waals surface area contributed by atoms with Gasteiger partial charge in [0, 0.05) is 13.1 Å². The van der Waals surface area contributed by atoms with Crippen molar-refractivity contribution in [1.82, 2.24) is 25.2 Å². The van der Waals surface area contributed by atoms with Crippen LogP contribution in [-0.4, -0.2) is 61.4 Å². The number of amides is 2. The molecule has 1 aliphatic rings. The second-order valence-corrected chi connectivity index (χ2v) is 4.97. The van der Waals surface area contributed by atoms with E-state index in [1.54, 1.807) is 13.8 Å². The topological polar surface area (TPSA) is 117 Å². The number of hydrogen-bond acceptors (Lipinski definition) is 5. The van der Waals surface area contributed by atoms with Gasteiger partial charge in [-0.2, -0.15) is 0 Å². The summed E-state index contributed by atoms with van der Waals surface area (Å²) < 4.78 is 1.15. The van der Waals surface area contributed by atoms with Crippen LogP contribution >= 0.6 is 0 Å². The van der Waals surface area contributed by atoms with Gasteiger partial charge in [-0.25, -0.2) is 9.48 Å². The van der Waals surface area contributed by atoms with Gasteiger partial charge in [-0.1, -0.05) is 5.21 Å². The molecular formula is C11H15N5O4. The smallest absolute Gasteiger partial charge is 0.358 e. The summed E-state index contributed by atoms with van der Waals surface area (Å²) in [5.74, 6) is -1.74. The largest absolute Gasteiger partial charge is 0.476 e. The lowest BCUT2D eigenvalue weighted by Gasteiger charge is -2.41. The van der Waals surface area contributed by atoms with Crippen LogP contribution in [0.15, 0.2) is 6.20 Å². The number of nitrogens with zero attached hydrogens (tertiary/aromatic N) is 4. The summed E-state index contributed by atoms with van der Waals surface area (Å²) in [4.78, 5) is 36.1. The SMILES string of the molecule is CC1(C)C(=O)NCCN1C(=O)Cn1cc(C(=O)O)nn1. The zero-order chi connectivity index (χ0) is 14.9. The van der Waals surface area contributed by atoms with Crippen LogP contribution in [0.2, 0.25) is 0 Å². The van der Waals surface area contributed by atoms with Crippen LogP contribution in [0.25, 0.3) is 0 Å². The minimum atomic E-state index is -1.21. The zero-order valence-electron chi connectivity index (χ0n) is 11.2. The van der Waals surface area contributed by atoms with Gasteiger partial charge >= 0.3 is 5.97 Å². The molecule has 0 spiro atoms. The third kappa shape index (κ3) is 2.46. The van der Waals surface area contributed by atoms with Crippen LogP contribution in [0.4, 0.5) is 0 Å². The predicted molar refractivity (Wildman–Crippen MR) is 65.8 cm³/mol. The summed E-state index contributed by atoms with van der Waals surface area (Å²) >= 11 is 0. The lowest BCUT2D eigenvalue weighted by molar-refractivity contribution is -0.149. The summed E-state index contributed by atoms with van der Waals surface area (Å²) in [5, 5.41) is 18.4. The molecule has 9 heteroatoms. The fourth-order valence-corrected chi connectivity index (χ4v) is 2.03. The molecule has 1 aromatic rings. The van der Waals surface area contributed by atoms with Gasteiger partial charge in [0.2, 0.25) is 11.8 Å². The number of nitrogens with one attached hydrogen (secondary N) is 1. The van der Waals surface area contributed by atoms with E-state index in [0.29, 0.717) is 13.1 Å². The Labute approximate surface area is 114 Å². The van der Waals surface area contributed by atoms with Crippen molar-refractivity contribution in [3.8, 4) is 0 Å². The number of hydrogen-bond donors (Lipinski definition) is 2. The first kappa shape index (κ1) is 14.0. The molecule has 0 bridgehead atoms. The number of rotatable bonds is 3. The third-order valence-electron chi connectivity index (χ3n) is 3.21. The minimum absolute atomic E-state index is 0.156. The highest BCUT2D eigenvalue weighted by molar-refractivity contribution is 5.91. The van der Waals surface area contributed by atoms with Crippen molar-refractivity contribution in [3.05, 3.63) is 11.9 Å². The Morgan fingerprint density at radius 1 is 1.50 bits per heavy atom. The average molecular weight is 281 g/mol. The highest BCUT2D eigenvalue weighted by Gasteiger charge is 2.40. The Kier molecular flexibility index (Phi) is 3.43. The number of aromatic carboxylic acids is 1. The molecule has 20 heavy (non-hydrogen) atoms. The van der Waals surface area contributed by atoms with Gasteiger partial charge in [-0.15, -0.1) is 5.10 Å². The maximum atomic E-state index is 12.2. The monoisotopic (exact) mass is 281 g/mol. The second kappa shape index (κ2) is 4.91. The third-order valence-corrected chi connectivity index (χ3v) is 3.21. The van der Waals surface area contributed by atoms with E-state index in [9.17, 15) is 14.4 Å². The number of carbonyl (C=O) groups excluding carboxylic acids is 2. The van der Waals surface area contributed by atoms with E-state index in [-0.39, 0.29) is 24.1 Å². The van der Waals surface area contributed by atoms with E-state index >= 15 is 0 Å². The molecule has 0 atom stereocenters. The van der Waals surface area contributed by atoms with Gasteiger partial charge in [0.25, 0.3) is 0 Å². The molecule has 2 rings (SSSR count). The highest BCUT2D eigenvalue weighted by atomic mass is 16.4. The number of carbonyl (C=O) groups is 3. The second-order valence-electron chi connectivity index (χ2n) is 4.97. The Balaban J connectivity index is 2.11. The molecule has 1 fully saturated rings. The van der Waals surface area contributed by atoms with Gasteiger partial charge in [0.05, 0.1) is 6.20 Å². The van der Waals surface area contributed by atoms with Gasteiger partial charge in [-0.3, -0.25) is 9.59 Å². The molecule has 0 aliphatic carbocycles. The van der Waals surface area contributed by atoms with Crippen molar-refractivity contribution in [2.45, 2.75) is 25.9 Å². The summed E-state index contributed by atoms with van der Waals surface area (Å²) in [6, 6.07) is 0. The van der Waals surface area contributed by atoms with E-state index < -0.39 is 11.5 Å². The van der Waals surface area contributed by atoms with Gasteiger partial charge in [0.15, 0.2) is 5.69 Å². The molecule has 1 aromatic heterocycles. The van der Waals surface area contributed by atoms with E-state index in [1.165, 1.54) is 11.1 Å². The first-order valence-corrected chi connectivity index (χ1v) is 6.04. The number of carboxylic acid groups (broad SMARTS) is 1. The molecular weight excluding hydrogens is 266 g/mol. The maximum Gasteiger partial charge on any atom is 0.358 e. The minimum Gasteiger partial charge on any atom is -0.476 e. The van der Waals surface area contributed by atoms with Crippen LogP contribution in [0.1, 0.15) is 24.3 Å². The number of carboxylic acids is 1. The molecule has 0 unspecified atom stereocenters. The van der Waals surface area contributed by atoms with Crippen LogP contribution in [0.3, 0.4) is 0 Å². The fourth-order valence-electron chi connectivity index (χ4n) is 2.03. The van der Waals surface area contributed by atoms with Crippen molar-refractivity contribution >= 4 is 17.8 Å². The Bertz CT molecular complexity index is 565. The Hall–Kier alpha value is -2.45. The van der Waals surface area contributed by atoms with Crippen LogP contribution in [0.5, 0.6) is 0 Å². The number of piperazine rings is 1. The molecule has 1 saturated heterocycles. The standard InChI is InChI=1S/C11H15N5O4/c1-11(2)10(20)12-3-4-16(11)8(17)6-15-5-7(9(18)19)13-14-15/h5H,3-4,6H2,1-2H3,(H,12,20)(H,18,19). The molecule has 2 N–H and O–H groups in total. The van der Waals surface area contributed by atoms with E-state index in [0.717, 1.165) is 4.68 Å². The van der Waals surface area contributed by atoms with Crippen molar-refractivity contribution < 1.29 is 19.5 Å². The molecule has 2 amide bonds. The fraction of sp³-hybridized carbons (Fsp3) is 0.545. The summed E-state index contributed by atoms with van der Waals surface area (Å²) in [7, 11) is 0.